The van der Waals surface area contributed by atoms with E-state index in [4.69, 9.17) is 0 Å². The summed E-state index contributed by atoms with van der Waals surface area (Å²) >= 11 is 0. The Morgan fingerprint density at radius 1 is 0.654 bits per heavy atom. The molecule has 0 saturated carbocycles. The van der Waals surface area contributed by atoms with Gasteiger partial charge in [0.1, 0.15) is 0 Å². The van der Waals surface area contributed by atoms with Crippen molar-refractivity contribution >= 4 is 11.8 Å². The molecule has 2 atom stereocenters. The van der Waals surface area contributed by atoms with Crippen molar-refractivity contribution in [2.75, 3.05) is 0 Å². The van der Waals surface area contributed by atoms with Crippen LogP contribution >= 0.6 is 0 Å². The van der Waals surface area contributed by atoms with Crippen LogP contribution in [-0.4, -0.2) is 21.6 Å². The Morgan fingerprint density at radius 2 is 0.923 bits per heavy atom. The van der Waals surface area contributed by atoms with Gasteiger partial charge < -0.3 is 9.80 Å². The zero-order chi connectivity index (χ0) is 18.3. The van der Waals surface area contributed by atoms with Crippen LogP contribution in [0.3, 0.4) is 0 Å². The number of amides is 2. The van der Waals surface area contributed by atoms with Crippen molar-refractivity contribution in [1.82, 2.24) is 9.80 Å². The van der Waals surface area contributed by atoms with Gasteiger partial charge in [-0.25, -0.2) is 0 Å². The molecule has 2 amide bonds. The molecule has 4 heteroatoms. The Morgan fingerprint density at radius 3 is 1.19 bits per heavy atom. The fourth-order valence-electron chi connectivity index (χ4n) is 3.98. The molecule has 2 heterocycles. The van der Waals surface area contributed by atoms with Gasteiger partial charge in [0.15, 0.2) is 0 Å². The van der Waals surface area contributed by atoms with Crippen LogP contribution in [-0.2, 0) is 35.8 Å². The number of carbonyl (C=O) groups is 2. The second-order valence-corrected chi connectivity index (χ2v) is 7.50. The quantitative estimate of drug-likeness (QED) is 0.853. The van der Waals surface area contributed by atoms with Gasteiger partial charge in [-0.05, 0) is 22.3 Å². The number of hydrogen-bond donors (Lipinski definition) is 0. The number of nitrogens with zero attached hydrogens (tertiary/aromatic N) is 2. The maximum Gasteiger partial charge on any atom is 0.226 e. The third kappa shape index (κ3) is 2.90. The molecule has 4 nitrogen and oxygen atoms in total. The number of rotatable bonds is 3. The highest BCUT2D eigenvalue weighted by molar-refractivity contribution is 5.87. The SMILES string of the molecule is CC(C(=O)N1Cc2ccccc2C1)C(C)C(=O)N1Cc2ccccc2C1. The third-order valence-corrected chi connectivity index (χ3v) is 5.83. The molecule has 0 radical (unpaired) electrons. The van der Waals surface area contributed by atoms with Crippen LogP contribution in [0.1, 0.15) is 36.1 Å². The molecule has 0 N–H and O–H groups in total. The van der Waals surface area contributed by atoms with Gasteiger partial charge in [-0.15, -0.1) is 0 Å². The van der Waals surface area contributed by atoms with Crippen molar-refractivity contribution in [3.8, 4) is 0 Å². The molecule has 2 aromatic carbocycles. The van der Waals surface area contributed by atoms with Gasteiger partial charge in [0.2, 0.25) is 11.8 Å². The molecular weight excluding hydrogens is 324 g/mol. The Hall–Kier alpha value is -2.62. The van der Waals surface area contributed by atoms with Crippen molar-refractivity contribution in [2.45, 2.75) is 40.0 Å². The van der Waals surface area contributed by atoms with E-state index in [0.717, 1.165) is 0 Å². The standard InChI is InChI=1S/C22H24N2O2/c1-15(21(25)23-11-17-7-3-4-8-18(17)12-23)16(2)22(26)24-13-19-9-5-6-10-20(19)14-24/h3-10,15-16H,11-14H2,1-2H3. The summed E-state index contributed by atoms with van der Waals surface area (Å²) in [4.78, 5) is 29.6. The van der Waals surface area contributed by atoms with E-state index in [1.807, 2.05) is 47.9 Å². The minimum atomic E-state index is -0.319. The average molecular weight is 348 g/mol. The molecule has 0 spiro atoms. The van der Waals surface area contributed by atoms with Gasteiger partial charge in [0, 0.05) is 38.0 Å². The van der Waals surface area contributed by atoms with Crippen molar-refractivity contribution in [1.29, 1.82) is 0 Å². The van der Waals surface area contributed by atoms with E-state index in [-0.39, 0.29) is 23.7 Å². The molecule has 2 aliphatic rings. The fraction of sp³-hybridized carbons (Fsp3) is 0.364. The summed E-state index contributed by atoms with van der Waals surface area (Å²) in [7, 11) is 0. The summed E-state index contributed by atoms with van der Waals surface area (Å²) in [5.41, 5.74) is 4.84. The highest BCUT2D eigenvalue weighted by Gasteiger charge is 2.35. The van der Waals surface area contributed by atoms with E-state index in [0.29, 0.717) is 26.2 Å². The van der Waals surface area contributed by atoms with Crippen LogP contribution in [0, 0.1) is 11.8 Å². The Kier molecular flexibility index (Phi) is 4.27. The van der Waals surface area contributed by atoms with Gasteiger partial charge >= 0.3 is 0 Å². The first kappa shape index (κ1) is 16.8. The second kappa shape index (κ2) is 6.60. The molecule has 134 valence electrons. The van der Waals surface area contributed by atoms with Crippen LogP contribution in [0.5, 0.6) is 0 Å². The summed E-state index contributed by atoms with van der Waals surface area (Å²) < 4.78 is 0. The minimum absolute atomic E-state index is 0.0683. The Balaban J connectivity index is 1.41. The molecule has 0 bridgehead atoms. The van der Waals surface area contributed by atoms with Crippen molar-refractivity contribution in [3.63, 3.8) is 0 Å². The lowest BCUT2D eigenvalue weighted by molar-refractivity contribution is -0.145. The van der Waals surface area contributed by atoms with Crippen LogP contribution in [0.4, 0.5) is 0 Å². The molecule has 0 aliphatic carbocycles. The summed E-state index contributed by atoms with van der Waals surface area (Å²) in [5, 5.41) is 0. The molecule has 4 rings (SSSR count). The summed E-state index contributed by atoms with van der Waals surface area (Å²) in [5.74, 6) is -0.501. The van der Waals surface area contributed by atoms with Crippen molar-refractivity contribution in [3.05, 3.63) is 70.8 Å². The molecule has 0 aromatic heterocycles. The van der Waals surface area contributed by atoms with Crippen LogP contribution in [0.25, 0.3) is 0 Å². The maximum atomic E-state index is 12.9. The largest absolute Gasteiger partial charge is 0.334 e. The van der Waals surface area contributed by atoms with E-state index in [9.17, 15) is 9.59 Å². The average Bonchev–Trinajstić information content (AvgIpc) is 3.29. The Bertz CT molecular complexity index is 739. The van der Waals surface area contributed by atoms with Gasteiger partial charge in [-0.3, -0.25) is 9.59 Å². The predicted molar refractivity (Wildman–Crippen MR) is 99.7 cm³/mol. The molecule has 2 aromatic rings. The van der Waals surface area contributed by atoms with E-state index in [1.165, 1.54) is 22.3 Å². The van der Waals surface area contributed by atoms with Gasteiger partial charge in [0.05, 0.1) is 0 Å². The summed E-state index contributed by atoms with van der Waals surface area (Å²) in [6.07, 6.45) is 0. The highest BCUT2D eigenvalue weighted by atomic mass is 16.2. The van der Waals surface area contributed by atoms with Crippen LogP contribution < -0.4 is 0 Å². The zero-order valence-corrected chi connectivity index (χ0v) is 15.3. The smallest absolute Gasteiger partial charge is 0.226 e. The van der Waals surface area contributed by atoms with Crippen molar-refractivity contribution < 1.29 is 9.59 Å². The number of carbonyl (C=O) groups excluding carboxylic acids is 2. The monoisotopic (exact) mass is 348 g/mol. The molecule has 2 aliphatic heterocycles. The second-order valence-electron chi connectivity index (χ2n) is 7.50. The normalized spacial score (nSPS) is 17.6. The fourth-order valence-corrected chi connectivity index (χ4v) is 3.98. The van der Waals surface area contributed by atoms with Crippen molar-refractivity contribution in [2.24, 2.45) is 11.8 Å². The Labute approximate surface area is 154 Å². The topological polar surface area (TPSA) is 40.6 Å². The first-order chi connectivity index (χ1) is 12.5. The molecule has 2 unspecified atom stereocenters. The molecule has 26 heavy (non-hydrogen) atoms. The van der Waals surface area contributed by atoms with E-state index in [2.05, 4.69) is 24.3 Å². The lowest BCUT2D eigenvalue weighted by Gasteiger charge is -2.27. The van der Waals surface area contributed by atoms with E-state index < -0.39 is 0 Å². The van der Waals surface area contributed by atoms with E-state index >= 15 is 0 Å². The molecule has 0 fully saturated rings. The predicted octanol–water partition coefficient (Wildman–Crippen LogP) is 3.34. The molecular formula is C22H24N2O2. The first-order valence-corrected chi connectivity index (χ1v) is 9.25. The zero-order valence-electron chi connectivity index (χ0n) is 15.3. The lowest BCUT2D eigenvalue weighted by atomic mass is 9.93. The lowest BCUT2D eigenvalue weighted by Crippen LogP contribution is -2.40. The minimum Gasteiger partial charge on any atom is -0.334 e. The van der Waals surface area contributed by atoms with Crippen LogP contribution in [0.15, 0.2) is 48.5 Å². The molecule has 0 saturated heterocycles. The van der Waals surface area contributed by atoms with Gasteiger partial charge in [-0.1, -0.05) is 62.4 Å². The van der Waals surface area contributed by atoms with Crippen LogP contribution in [0.2, 0.25) is 0 Å². The number of fused-ring (bicyclic) bond motifs is 2. The first-order valence-electron chi connectivity index (χ1n) is 9.25. The highest BCUT2D eigenvalue weighted by Crippen LogP contribution is 2.29. The van der Waals surface area contributed by atoms with Gasteiger partial charge in [-0.2, -0.15) is 0 Å². The summed E-state index contributed by atoms with van der Waals surface area (Å²) in [6.45, 7) is 6.36. The maximum absolute atomic E-state index is 12.9. The number of benzene rings is 2. The van der Waals surface area contributed by atoms with E-state index in [1.54, 1.807) is 0 Å². The van der Waals surface area contributed by atoms with Gasteiger partial charge in [0.25, 0.3) is 0 Å². The third-order valence-electron chi connectivity index (χ3n) is 5.83. The number of hydrogen-bond acceptors (Lipinski definition) is 2. The summed E-state index contributed by atoms with van der Waals surface area (Å²) in [6, 6.07) is 16.3.